The predicted octanol–water partition coefficient (Wildman–Crippen LogP) is 3.36. The Morgan fingerprint density at radius 3 is 2.86 bits per heavy atom. The standard InChI is InChI=1S/C26H41ClN4O4/c1-3-29-24(32)18-35-25(20-8-4-10-22(27)14-20)21-9-5-11-31(16-21)26(33)30-23(15-28-2)13-19-7-6-12-34-17-19/h4,8,10,14,19,21,23,25,28H,3,5-7,9,11-13,15-18H2,1-2H3,(H,29,32)(H,30,33)/t19-,21-,23+,25+/m1/s1. The van der Waals surface area contributed by atoms with Crippen LogP contribution in [0.15, 0.2) is 24.3 Å². The van der Waals surface area contributed by atoms with Crippen LogP contribution >= 0.6 is 11.6 Å². The molecule has 2 saturated heterocycles. The zero-order chi connectivity index (χ0) is 25.0. The van der Waals surface area contributed by atoms with Gasteiger partial charge in [0.05, 0.1) is 6.10 Å². The molecule has 35 heavy (non-hydrogen) atoms. The van der Waals surface area contributed by atoms with E-state index < -0.39 is 0 Å². The molecule has 196 valence electrons. The van der Waals surface area contributed by atoms with Crippen molar-refractivity contribution in [3.8, 4) is 0 Å². The van der Waals surface area contributed by atoms with Crippen molar-refractivity contribution in [3.63, 3.8) is 0 Å². The summed E-state index contributed by atoms with van der Waals surface area (Å²) in [6.07, 6.45) is 4.61. The number of likely N-dealkylation sites (tertiary alicyclic amines) is 1. The average molecular weight is 509 g/mol. The van der Waals surface area contributed by atoms with Gasteiger partial charge in [-0.05, 0) is 69.7 Å². The van der Waals surface area contributed by atoms with Crippen molar-refractivity contribution in [1.82, 2.24) is 20.9 Å². The summed E-state index contributed by atoms with van der Waals surface area (Å²) in [7, 11) is 1.91. The summed E-state index contributed by atoms with van der Waals surface area (Å²) >= 11 is 6.26. The van der Waals surface area contributed by atoms with Crippen LogP contribution in [-0.4, -0.2) is 75.9 Å². The average Bonchev–Trinajstić information content (AvgIpc) is 2.85. The Bertz CT molecular complexity index is 805. The highest BCUT2D eigenvalue weighted by Crippen LogP contribution is 2.34. The van der Waals surface area contributed by atoms with Crippen LogP contribution in [0, 0.1) is 11.8 Å². The Kier molecular flexibility index (Phi) is 11.6. The van der Waals surface area contributed by atoms with Crippen LogP contribution in [0.4, 0.5) is 4.79 Å². The summed E-state index contributed by atoms with van der Waals surface area (Å²) in [5.41, 5.74) is 0.930. The number of halogens is 1. The first-order valence-corrected chi connectivity index (χ1v) is 13.3. The number of nitrogens with one attached hydrogen (secondary N) is 3. The molecule has 1 aromatic rings. The minimum atomic E-state index is -0.320. The molecule has 0 saturated carbocycles. The van der Waals surface area contributed by atoms with E-state index >= 15 is 0 Å². The maximum absolute atomic E-state index is 13.3. The quantitative estimate of drug-likeness (QED) is 0.426. The van der Waals surface area contributed by atoms with Gasteiger partial charge >= 0.3 is 6.03 Å². The van der Waals surface area contributed by atoms with Crippen molar-refractivity contribution in [1.29, 1.82) is 0 Å². The van der Waals surface area contributed by atoms with Crippen molar-refractivity contribution in [2.24, 2.45) is 11.8 Å². The molecule has 2 aliphatic rings. The SMILES string of the molecule is CCNC(=O)CO[C@@H](c1cccc(Cl)c1)[C@@H]1CCCN(C(=O)N[C@H](CNC)C[C@H]2CCCOC2)C1. The number of carbonyl (C=O) groups is 2. The van der Waals surface area contributed by atoms with Crippen molar-refractivity contribution in [2.45, 2.75) is 51.2 Å². The van der Waals surface area contributed by atoms with Crippen LogP contribution in [-0.2, 0) is 14.3 Å². The molecule has 0 radical (unpaired) electrons. The Balaban J connectivity index is 1.64. The van der Waals surface area contributed by atoms with E-state index in [-0.39, 0.29) is 36.6 Å². The number of carbonyl (C=O) groups excluding carboxylic acids is 2. The zero-order valence-electron chi connectivity index (χ0n) is 21.1. The highest BCUT2D eigenvalue weighted by molar-refractivity contribution is 6.30. The van der Waals surface area contributed by atoms with E-state index in [1.165, 1.54) is 0 Å². The Morgan fingerprint density at radius 1 is 1.29 bits per heavy atom. The van der Waals surface area contributed by atoms with Crippen LogP contribution in [0.25, 0.3) is 0 Å². The molecule has 3 amide bonds. The largest absolute Gasteiger partial charge is 0.381 e. The van der Waals surface area contributed by atoms with Gasteiger partial charge in [0.1, 0.15) is 6.61 Å². The molecule has 3 N–H and O–H groups in total. The van der Waals surface area contributed by atoms with Crippen molar-refractivity contribution < 1.29 is 19.1 Å². The van der Waals surface area contributed by atoms with Gasteiger partial charge < -0.3 is 30.3 Å². The fourth-order valence-corrected chi connectivity index (χ4v) is 5.34. The minimum Gasteiger partial charge on any atom is -0.381 e. The Hall–Kier alpha value is -1.87. The van der Waals surface area contributed by atoms with Crippen molar-refractivity contribution in [2.75, 3.05) is 53.0 Å². The first-order chi connectivity index (χ1) is 17.0. The van der Waals surface area contributed by atoms with E-state index in [1.54, 1.807) is 0 Å². The lowest BCUT2D eigenvalue weighted by atomic mass is 9.88. The van der Waals surface area contributed by atoms with E-state index in [4.69, 9.17) is 21.1 Å². The second-order valence-electron chi connectivity index (χ2n) is 9.61. The van der Waals surface area contributed by atoms with Crippen molar-refractivity contribution in [3.05, 3.63) is 34.9 Å². The molecule has 0 bridgehead atoms. The number of hydrogen-bond donors (Lipinski definition) is 3. The van der Waals surface area contributed by atoms with E-state index in [0.717, 1.165) is 57.4 Å². The summed E-state index contributed by atoms with van der Waals surface area (Å²) in [5, 5.41) is 9.87. The number of benzene rings is 1. The molecule has 0 aliphatic carbocycles. The third-order valence-corrected chi connectivity index (χ3v) is 7.00. The molecular formula is C26H41ClN4O4. The fraction of sp³-hybridized carbons (Fsp3) is 0.692. The Morgan fingerprint density at radius 2 is 2.14 bits per heavy atom. The van der Waals surface area contributed by atoms with Gasteiger partial charge in [0.2, 0.25) is 5.91 Å². The maximum atomic E-state index is 13.3. The summed E-state index contributed by atoms with van der Waals surface area (Å²) in [5.74, 6) is 0.398. The summed E-state index contributed by atoms with van der Waals surface area (Å²) in [6.45, 7) is 6.02. The number of hydrogen-bond acceptors (Lipinski definition) is 5. The fourth-order valence-electron chi connectivity index (χ4n) is 5.14. The second-order valence-corrected chi connectivity index (χ2v) is 10.0. The monoisotopic (exact) mass is 508 g/mol. The van der Waals surface area contributed by atoms with Crippen LogP contribution in [0.1, 0.15) is 50.7 Å². The van der Waals surface area contributed by atoms with Gasteiger partial charge in [-0.2, -0.15) is 0 Å². The first kappa shape index (κ1) is 27.7. The highest BCUT2D eigenvalue weighted by atomic mass is 35.5. The molecule has 0 unspecified atom stereocenters. The number of piperidine rings is 1. The molecule has 9 heteroatoms. The molecule has 4 atom stereocenters. The van der Waals surface area contributed by atoms with Crippen LogP contribution in [0.5, 0.6) is 0 Å². The van der Waals surface area contributed by atoms with E-state index in [9.17, 15) is 9.59 Å². The third-order valence-electron chi connectivity index (χ3n) is 6.77. The minimum absolute atomic E-state index is 0.0264. The smallest absolute Gasteiger partial charge is 0.317 e. The molecule has 8 nitrogen and oxygen atoms in total. The number of urea groups is 1. The lowest BCUT2D eigenvalue weighted by Gasteiger charge is -2.38. The Labute approximate surface area is 214 Å². The second kappa shape index (κ2) is 14.6. The molecular weight excluding hydrogens is 468 g/mol. The maximum Gasteiger partial charge on any atom is 0.317 e. The summed E-state index contributed by atoms with van der Waals surface area (Å²) in [6, 6.07) is 7.59. The van der Waals surface area contributed by atoms with Gasteiger partial charge in [-0.25, -0.2) is 4.79 Å². The van der Waals surface area contributed by atoms with Crippen LogP contribution in [0.3, 0.4) is 0 Å². The summed E-state index contributed by atoms with van der Waals surface area (Å²) < 4.78 is 11.8. The molecule has 0 spiro atoms. The van der Waals surface area contributed by atoms with E-state index in [1.807, 2.05) is 43.1 Å². The number of rotatable bonds is 11. The molecule has 2 heterocycles. The van der Waals surface area contributed by atoms with Crippen LogP contribution < -0.4 is 16.0 Å². The van der Waals surface area contributed by atoms with E-state index in [2.05, 4.69) is 16.0 Å². The number of ether oxygens (including phenoxy) is 2. The lowest BCUT2D eigenvalue weighted by molar-refractivity contribution is -0.129. The van der Waals surface area contributed by atoms with E-state index in [0.29, 0.717) is 30.6 Å². The van der Waals surface area contributed by atoms with Gasteiger partial charge in [0.25, 0.3) is 0 Å². The van der Waals surface area contributed by atoms with Gasteiger partial charge in [-0.3, -0.25) is 4.79 Å². The van der Waals surface area contributed by atoms with Crippen LogP contribution in [0.2, 0.25) is 5.02 Å². The number of nitrogens with zero attached hydrogens (tertiary/aromatic N) is 1. The first-order valence-electron chi connectivity index (χ1n) is 12.9. The topological polar surface area (TPSA) is 91.9 Å². The number of likely N-dealkylation sites (N-methyl/N-ethyl adjacent to an activating group) is 2. The third kappa shape index (κ3) is 8.94. The lowest BCUT2D eigenvalue weighted by Crippen LogP contribution is -2.52. The predicted molar refractivity (Wildman–Crippen MR) is 138 cm³/mol. The van der Waals surface area contributed by atoms with Gasteiger partial charge in [-0.1, -0.05) is 23.7 Å². The molecule has 2 aliphatic heterocycles. The van der Waals surface area contributed by atoms with Crippen molar-refractivity contribution >= 4 is 23.5 Å². The highest BCUT2D eigenvalue weighted by Gasteiger charge is 2.32. The van der Waals surface area contributed by atoms with Gasteiger partial charge in [0.15, 0.2) is 0 Å². The summed E-state index contributed by atoms with van der Waals surface area (Å²) in [4.78, 5) is 27.3. The molecule has 1 aromatic carbocycles. The normalized spacial score (nSPS) is 22.3. The molecule has 3 rings (SSSR count). The molecule has 0 aromatic heterocycles. The number of amides is 3. The van der Waals surface area contributed by atoms with Gasteiger partial charge in [0, 0.05) is 56.4 Å². The zero-order valence-corrected chi connectivity index (χ0v) is 21.8. The molecule has 2 fully saturated rings. The van der Waals surface area contributed by atoms with Gasteiger partial charge in [-0.15, -0.1) is 0 Å².